The van der Waals surface area contributed by atoms with E-state index in [1.54, 1.807) is 0 Å². The van der Waals surface area contributed by atoms with Crippen molar-refractivity contribution in [2.45, 2.75) is 26.7 Å². The SMILES string of the molecule is CN1CCC(CC(N)=O)C(C)(C)C1. The predicted molar refractivity (Wildman–Crippen MR) is 53.2 cm³/mol. The second-order valence-corrected chi connectivity index (χ2v) is 4.88. The van der Waals surface area contributed by atoms with Gasteiger partial charge in [-0.3, -0.25) is 4.79 Å². The molecule has 0 spiro atoms. The standard InChI is InChI=1S/C10H20N2O/c1-10(2)7-12(3)5-4-8(10)6-9(11)13/h8H,4-7H2,1-3H3,(H2,11,13). The van der Waals surface area contributed by atoms with Crippen molar-refractivity contribution >= 4 is 5.91 Å². The van der Waals surface area contributed by atoms with Gasteiger partial charge in [-0.25, -0.2) is 0 Å². The number of hydrogen-bond acceptors (Lipinski definition) is 2. The Labute approximate surface area is 80.3 Å². The van der Waals surface area contributed by atoms with E-state index in [4.69, 9.17) is 5.73 Å². The summed E-state index contributed by atoms with van der Waals surface area (Å²) < 4.78 is 0. The number of carbonyl (C=O) groups is 1. The summed E-state index contributed by atoms with van der Waals surface area (Å²) in [7, 11) is 2.13. The zero-order chi connectivity index (χ0) is 10.1. The highest BCUT2D eigenvalue weighted by Gasteiger charge is 2.35. The van der Waals surface area contributed by atoms with Gasteiger partial charge in [-0.15, -0.1) is 0 Å². The van der Waals surface area contributed by atoms with Gasteiger partial charge >= 0.3 is 0 Å². The molecule has 0 radical (unpaired) electrons. The van der Waals surface area contributed by atoms with Gasteiger partial charge in [-0.1, -0.05) is 13.8 Å². The Hall–Kier alpha value is -0.570. The summed E-state index contributed by atoms with van der Waals surface area (Å²) in [4.78, 5) is 13.2. The number of hydrogen-bond donors (Lipinski definition) is 1. The first-order valence-corrected chi connectivity index (χ1v) is 4.88. The van der Waals surface area contributed by atoms with Crippen molar-refractivity contribution in [1.82, 2.24) is 4.90 Å². The number of rotatable bonds is 2. The van der Waals surface area contributed by atoms with Crippen molar-refractivity contribution in [3.8, 4) is 0 Å². The Morgan fingerprint density at radius 2 is 2.23 bits per heavy atom. The molecule has 1 aliphatic rings. The fourth-order valence-corrected chi connectivity index (χ4v) is 2.29. The number of piperidine rings is 1. The zero-order valence-electron chi connectivity index (χ0n) is 8.84. The minimum atomic E-state index is -0.164. The fourth-order valence-electron chi connectivity index (χ4n) is 2.29. The van der Waals surface area contributed by atoms with E-state index >= 15 is 0 Å². The average Bonchev–Trinajstić information content (AvgIpc) is 1.93. The van der Waals surface area contributed by atoms with Crippen molar-refractivity contribution in [1.29, 1.82) is 0 Å². The highest BCUT2D eigenvalue weighted by molar-refractivity contribution is 5.74. The molecule has 1 rings (SSSR count). The van der Waals surface area contributed by atoms with Crippen molar-refractivity contribution in [2.75, 3.05) is 20.1 Å². The Kier molecular flexibility index (Phi) is 2.96. The van der Waals surface area contributed by atoms with E-state index in [2.05, 4.69) is 25.8 Å². The van der Waals surface area contributed by atoms with Crippen LogP contribution < -0.4 is 5.73 Å². The predicted octanol–water partition coefficient (Wildman–Crippen LogP) is 0.840. The molecule has 0 saturated carbocycles. The lowest BCUT2D eigenvalue weighted by Gasteiger charge is -2.42. The van der Waals surface area contributed by atoms with Gasteiger partial charge in [0.25, 0.3) is 0 Å². The van der Waals surface area contributed by atoms with Crippen molar-refractivity contribution in [3.05, 3.63) is 0 Å². The van der Waals surface area contributed by atoms with Crippen LogP contribution in [-0.4, -0.2) is 30.9 Å². The maximum Gasteiger partial charge on any atom is 0.217 e. The molecule has 3 nitrogen and oxygen atoms in total. The molecule has 0 bridgehead atoms. The number of amides is 1. The van der Waals surface area contributed by atoms with Crippen LogP contribution in [-0.2, 0) is 4.79 Å². The van der Waals surface area contributed by atoms with Crippen molar-refractivity contribution in [3.63, 3.8) is 0 Å². The number of likely N-dealkylation sites (tertiary alicyclic amines) is 1. The first-order valence-electron chi connectivity index (χ1n) is 4.88. The van der Waals surface area contributed by atoms with E-state index in [9.17, 15) is 4.79 Å². The van der Waals surface area contributed by atoms with Gasteiger partial charge in [-0.2, -0.15) is 0 Å². The van der Waals surface area contributed by atoms with Crippen LogP contribution in [0.3, 0.4) is 0 Å². The molecule has 2 N–H and O–H groups in total. The minimum absolute atomic E-state index is 0.164. The maximum absolute atomic E-state index is 10.8. The van der Waals surface area contributed by atoms with Gasteiger partial charge in [0.2, 0.25) is 5.91 Å². The lowest BCUT2D eigenvalue weighted by Crippen LogP contribution is -2.45. The summed E-state index contributed by atoms with van der Waals surface area (Å²) >= 11 is 0. The van der Waals surface area contributed by atoms with E-state index in [0.717, 1.165) is 19.5 Å². The largest absolute Gasteiger partial charge is 0.370 e. The summed E-state index contributed by atoms with van der Waals surface area (Å²) in [5, 5.41) is 0. The second kappa shape index (κ2) is 3.66. The van der Waals surface area contributed by atoms with E-state index in [1.165, 1.54) is 0 Å². The maximum atomic E-state index is 10.8. The molecular formula is C10H20N2O. The van der Waals surface area contributed by atoms with Gasteiger partial charge in [0.1, 0.15) is 0 Å². The molecule has 1 atom stereocenters. The lowest BCUT2D eigenvalue weighted by atomic mass is 9.72. The Balaban J connectivity index is 2.59. The van der Waals surface area contributed by atoms with Gasteiger partial charge in [-0.05, 0) is 31.3 Å². The number of carbonyl (C=O) groups excluding carboxylic acids is 1. The van der Waals surface area contributed by atoms with E-state index in [0.29, 0.717) is 12.3 Å². The van der Waals surface area contributed by atoms with Crippen LogP contribution in [0.2, 0.25) is 0 Å². The highest BCUT2D eigenvalue weighted by atomic mass is 16.1. The van der Waals surface area contributed by atoms with E-state index in [-0.39, 0.29) is 11.3 Å². The number of nitrogens with two attached hydrogens (primary N) is 1. The third kappa shape index (κ3) is 2.69. The van der Waals surface area contributed by atoms with E-state index < -0.39 is 0 Å². The molecule has 1 aliphatic heterocycles. The van der Waals surface area contributed by atoms with Gasteiger partial charge in [0.15, 0.2) is 0 Å². The molecule has 0 aromatic rings. The molecule has 0 aromatic carbocycles. The van der Waals surface area contributed by atoms with Gasteiger partial charge in [0, 0.05) is 13.0 Å². The van der Waals surface area contributed by atoms with Crippen molar-refractivity contribution in [2.24, 2.45) is 17.1 Å². The Morgan fingerprint density at radius 3 is 2.69 bits per heavy atom. The van der Waals surface area contributed by atoms with Gasteiger partial charge < -0.3 is 10.6 Å². The Bertz CT molecular complexity index is 201. The molecule has 0 aromatic heterocycles. The van der Waals surface area contributed by atoms with Crippen LogP contribution in [0.5, 0.6) is 0 Å². The molecular weight excluding hydrogens is 164 g/mol. The first kappa shape index (κ1) is 10.5. The van der Waals surface area contributed by atoms with Crippen LogP contribution >= 0.6 is 0 Å². The molecule has 13 heavy (non-hydrogen) atoms. The smallest absolute Gasteiger partial charge is 0.217 e. The summed E-state index contributed by atoms with van der Waals surface area (Å²) in [6, 6.07) is 0. The van der Waals surface area contributed by atoms with Crippen LogP contribution in [0, 0.1) is 11.3 Å². The molecule has 1 unspecified atom stereocenters. The summed E-state index contributed by atoms with van der Waals surface area (Å²) in [6.45, 7) is 6.58. The minimum Gasteiger partial charge on any atom is -0.370 e. The third-order valence-corrected chi connectivity index (χ3v) is 3.09. The monoisotopic (exact) mass is 184 g/mol. The first-order chi connectivity index (χ1) is 5.92. The zero-order valence-corrected chi connectivity index (χ0v) is 8.84. The summed E-state index contributed by atoms with van der Waals surface area (Å²) in [6.07, 6.45) is 1.63. The summed E-state index contributed by atoms with van der Waals surface area (Å²) in [5.74, 6) is 0.295. The average molecular weight is 184 g/mol. The van der Waals surface area contributed by atoms with Crippen molar-refractivity contribution < 1.29 is 4.79 Å². The Morgan fingerprint density at radius 1 is 1.62 bits per heavy atom. The molecule has 1 fully saturated rings. The lowest BCUT2D eigenvalue weighted by molar-refractivity contribution is -0.120. The van der Waals surface area contributed by atoms with Gasteiger partial charge in [0.05, 0.1) is 0 Å². The third-order valence-electron chi connectivity index (χ3n) is 3.09. The molecule has 1 heterocycles. The van der Waals surface area contributed by atoms with Crippen LogP contribution in [0.1, 0.15) is 26.7 Å². The quantitative estimate of drug-likeness (QED) is 0.691. The van der Waals surface area contributed by atoms with Crippen LogP contribution in [0.4, 0.5) is 0 Å². The second-order valence-electron chi connectivity index (χ2n) is 4.88. The highest BCUT2D eigenvalue weighted by Crippen LogP contribution is 2.36. The summed E-state index contributed by atoms with van der Waals surface area (Å²) in [5.41, 5.74) is 5.45. The normalized spacial score (nSPS) is 28.7. The molecule has 1 saturated heterocycles. The number of primary amides is 1. The van der Waals surface area contributed by atoms with Crippen LogP contribution in [0.15, 0.2) is 0 Å². The van der Waals surface area contributed by atoms with E-state index in [1.807, 2.05) is 0 Å². The topological polar surface area (TPSA) is 46.3 Å². The van der Waals surface area contributed by atoms with Crippen LogP contribution in [0.25, 0.3) is 0 Å². The molecule has 1 amide bonds. The molecule has 0 aliphatic carbocycles. The molecule has 76 valence electrons. The molecule has 3 heteroatoms. The fraction of sp³-hybridized carbons (Fsp3) is 0.900. The number of nitrogens with zero attached hydrogens (tertiary/aromatic N) is 1.